The summed E-state index contributed by atoms with van der Waals surface area (Å²) in [4.78, 5) is 19.5. The van der Waals surface area contributed by atoms with Gasteiger partial charge < -0.3 is 9.47 Å². The van der Waals surface area contributed by atoms with Gasteiger partial charge in [0.15, 0.2) is 5.16 Å². The zero-order valence-electron chi connectivity index (χ0n) is 15.7. The molecule has 3 aromatic rings. The van der Waals surface area contributed by atoms with E-state index in [4.69, 9.17) is 4.98 Å². The molecule has 1 amide bonds. The molecule has 1 aliphatic heterocycles. The molecule has 2 heterocycles. The zero-order valence-corrected chi connectivity index (χ0v) is 16.5. The number of fused-ring (bicyclic) bond motifs is 1. The number of amides is 1. The Balaban J connectivity index is 1.54. The van der Waals surface area contributed by atoms with Crippen molar-refractivity contribution < 1.29 is 4.79 Å². The van der Waals surface area contributed by atoms with Crippen molar-refractivity contribution in [2.75, 3.05) is 18.8 Å². The lowest BCUT2D eigenvalue weighted by Gasteiger charge is -2.30. The first-order valence-electron chi connectivity index (χ1n) is 9.60. The highest BCUT2D eigenvalue weighted by Crippen LogP contribution is 2.26. The second kappa shape index (κ2) is 8.17. The van der Waals surface area contributed by atoms with E-state index in [-0.39, 0.29) is 5.91 Å². The molecule has 0 bridgehead atoms. The van der Waals surface area contributed by atoms with Crippen molar-refractivity contribution in [2.24, 2.45) is 5.92 Å². The Hall–Kier alpha value is -2.27. The lowest BCUT2D eigenvalue weighted by molar-refractivity contribution is -0.130. The summed E-state index contributed by atoms with van der Waals surface area (Å²) in [6.07, 6.45) is 2.34. The standard InChI is InChI=1S/C22H25N3OS/c1-17-8-7-13-24(14-17)21(26)16-27-22-23-19-11-5-6-12-20(19)25(22)15-18-9-3-2-4-10-18/h2-6,9-12,17H,7-8,13-16H2,1H3/t17-/m0/s1. The van der Waals surface area contributed by atoms with Crippen molar-refractivity contribution >= 4 is 28.7 Å². The molecule has 5 heteroatoms. The van der Waals surface area contributed by atoms with Gasteiger partial charge in [0, 0.05) is 13.1 Å². The summed E-state index contributed by atoms with van der Waals surface area (Å²) >= 11 is 1.56. The average Bonchev–Trinajstić information content (AvgIpc) is 3.04. The minimum absolute atomic E-state index is 0.227. The van der Waals surface area contributed by atoms with E-state index in [2.05, 4.69) is 41.8 Å². The fraction of sp³-hybridized carbons (Fsp3) is 0.364. The molecule has 1 saturated heterocycles. The van der Waals surface area contributed by atoms with Crippen molar-refractivity contribution in [2.45, 2.75) is 31.5 Å². The monoisotopic (exact) mass is 379 g/mol. The van der Waals surface area contributed by atoms with Crippen LogP contribution in [0.4, 0.5) is 0 Å². The first-order valence-corrected chi connectivity index (χ1v) is 10.6. The average molecular weight is 380 g/mol. The van der Waals surface area contributed by atoms with Gasteiger partial charge in [-0.3, -0.25) is 4.79 Å². The maximum atomic E-state index is 12.7. The molecule has 1 atom stereocenters. The van der Waals surface area contributed by atoms with Crippen LogP contribution in [0.1, 0.15) is 25.3 Å². The van der Waals surface area contributed by atoms with Crippen LogP contribution in [-0.2, 0) is 11.3 Å². The van der Waals surface area contributed by atoms with Crippen LogP contribution in [0, 0.1) is 5.92 Å². The number of benzene rings is 2. The lowest BCUT2D eigenvalue weighted by atomic mass is 10.0. The molecule has 4 rings (SSSR count). The fourth-order valence-corrected chi connectivity index (χ4v) is 4.63. The highest BCUT2D eigenvalue weighted by Gasteiger charge is 2.22. The highest BCUT2D eigenvalue weighted by molar-refractivity contribution is 7.99. The summed E-state index contributed by atoms with van der Waals surface area (Å²) in [6, 6.07) is 18.6. The molecule has 4 nitrogen and oxygen atoms in total. The molecule has 0 spiro atoms. The number of para-hydroxylation sites is 2. The van der Waals surface area contributed by atoms with Gasteiger partial charge in [-0.2, -0.15) is 0 Å². The number of nitrogens with zero attached hydrogens (tertiary/aromatic N) is 3. The molecule has 140 valence electrons. The first kappa shape index (κ1) is 18.1. The smallest absolute Gasteiger partial charge is 0.233 e. The number of carbonyl (C=O) groups excluding carboxylic acids is 1. The van der Waals surface area contributed by atoms with Crippen LogP contribution in [-0.4, -0.2) is 39.2 Å². The normalized spacial score (nSPS) is 17.4. The van der Waals surface area contributed by atoms with Gasteiger partial charge in [-0.1, -0.05) is 61.2 Å². The Morgan fingerprint density at radius 3 is 2.74 bits per heavy atom. The fourth-order valence-electron chi connectivity index (χ4n) is 3.72. The molecule has 0 unspecified atom stereocenters. The van der Waals surface area contributed by atoms with Crippen molar-refractivity contribution in [1.82, 2.24) is 14.5 Å². The molecule has 0 radical (unpaired) electrons. The number of likely N-dealkylation sites (tertiary alicyclic amines) is 1. The number of rotatable bonds is 5. The predicted octanol–water partition coefficient (Wildman–Crippen LogP) is 4.44. The lowest BCUT2D eigenvalue weighted by Crippen LogP contribution is -2.40. The Morgan fingerprint density at radius 1 is 1.15 bits per heavy atom. The summed E-state index contributed by atoms with van der Waals surface area (Å²) in [6.45, 7) is 4.77. The van der Waals surface area contributed by atoms with Gasteiger partial charge in [0.1, 0.15) is 0 Å². The Morgan fingerprint density at radius 2 is 1.93 bits per heavy atom. The third-order valence-corrected chi connectivity index (χ3v) is 6.10. The summed E-state index contributed by atoms with van der Waals surface area (Å²) in [5.41, 5.74) is 3.33. The van der Waals surface area contributed by atoms with Gasteiger partial charge in [0.25, 0.3) is 0 Å². The van der Waals surface area contributed by atoms with Gasteiger partial charge in [0.05, 0.1) is 23.3 Å². The second-order valence-corrected chi connectivity index (χ2v) is 8.27. The van der Waals surface area contributed by atoms with E-state index < -0.39 is 0 Å². The van der Waals surface area contributed by atoms with Crippen LogP contribution in [0.2, 0.25) is 0 Å². The number of hydrogen-bond donors (Lipinski definition) is 0. The number of carbonyl (C=O) groups is 1. The molecule has 2 aromatic carbocycles. The van der Waals surface area contributed by atoms with E-state index in [0.717, 1.165) is 42.2 Å². The van der Waals surface area contributed by atoms with E-state index >= 15 is 0 Å². The summed E-state index contributed by atoms with van der Waals surface area (Å²) < 4.78 is 2.22. The number of hydrogen-bond acceptors (Lipinski definition) is 3. The van der Waals surface area contributed by atoms with Crippen LogP contribution in [0.3, 0.4) is 0 Å². The largest absolute Gasteiger partial charge is 0.342 e. The molecule has 27 heavy (non-hydrogen) atoms. The SMILES string of the molecule is C[C@H]1CCCN(C(=O)CSc2nc3ccccc3n2Cc2ccccc2)C1. The molecule has 0 saturated carbocycles. The van der Waals surface area contributed by atoms with Gasteiger partial charge in [-0.15, -0.1) is 0 Å². The molecular weight excluding hydrogens is 354 g/mol. The van der Waals surface area contributed by atoms with Gasteiger partial charge in [-0.25, -0.2) is 4.98 Å². The summed E-state index contributed by atoms with van der Waals surface area (Å²) in [5, 5.41) is 0.915. The predicted molar refractivity (Wildman–Crippen MR) is 111 cm³/mol. The van der Waals surface area contributed by atoms with E-state index in [1.807, 2.05) is 29.2 Å². The molecule has 1 fully saturated rings. The third-order valence-electron chi connectivity index (χ3n) is 5.14. The maximum absolute atomic E-state index is 12.7. The molecule has 0 N–H and O–H groups in total. The molecular formula is C22H25N3OS. The zero-order chi connectivity index (χ0) is 18.6. The van der Waals surface area contributed by atoms with E-state index in [9.17, 15) is 4.79 Å². The van der Waals surface area contributed by atoms with Crippen molar-refractivity contribution in [3.05, 3.63) is 60.2 Å². The van der Waals surface area contributed by atoms with E-state index in [1.54, 1.807) is 11.8 Å². The van der Waals surface area contributed by atoms with Gasteiger partial charge >= 0.3 is 0 Å². The topological polar surface area (TPSA) is 38.1 Å². The number of piperidine rings is 1. The quantitative estimate of drug-likeness (QED) is 0.615. The van der Waals surface area contributed by atoms with Crippen LogP contribution in [0.15, 0.2) is 59.8 Å². The second-order valence-electron chi connectivity index (χ2n) is 7.33. The van der Waals surface area contributed by atoms with Crippen LogP contribution < -0.4 is 0 Å². The highest BCUT2D eigenvalue weighted by atomic mass is 32.2. The minimum Gasteiger partial charge on any atom is -0.342 e. The van der Waals surface area contributed by atoms with Crippen molar-refractivity contribution in [1.29, 1.82) is 0 Å². The van der Waals surface area contributed by atoms with Crippen LogP contribution >= 0.6 is 11.8 Å². The van der Waals surface area contributed by atoms with Gasteiger partial charge in [-0.05, 0) is 36.5 Å². The van der Waals surface area contributed by atoms with Crippen molar-refractivity contribution in [3.8, 4) is 0 Å². The molecule has 1 aromatic heterocycles. The summed E-state index contributed by atoms with van der Waals surface area (Å²) in [5.74, 6) is 1.28. The Labute approximate surface area is 164 Å². The van der Waals surface area contributed by atoms with Gasteiger partial charge in [0.2, 0.25) is 5.91 Å². The molecule has 1 aliphatic rings. The van der Waals surface area contributed by atoms with Crippen LogP contribution in [0.5, 0.6) is 0 Å². The molecule has 0 aliphatic carbocycles. The third kappa shape index (κ3) is 4.19. The van der Waals surface area contributed by atoms with E-state index in [1.165, 1.54) is 12.0 Å². The number of thioether (sulfide) groups is 1. The minimum atomic E-state index is 0.227. The summed E-state index contributed by atoms with van der Waals surface area (Å²) in [7, 11) is 0. The van der Waals surface area contributed by atoms with Crippen LogP contribution in [0.25, 0.3) is 11.0 Å². The Kier molecular flexibility index (Phi) is 5.48. The van der Waals surface area contributed by atoms with E-state index in [0.29, 0.717) is 11.7 Å². The maximum Gasteiger partial charge on any atom is 0.233 e. The number of aromatic nitrogens is 2. The first-order chi connectivity index (χ1) is 13.2. The Bertz CT molecular complexity index is 922. The number of imidazole rings is 1. The van der Waals surface area contributed by atoms with Crippen molar-refractivity contribution in [3.63, 3.8) is 0 Å².